The molecule has 4 aromatic rings. The number of hydrogen-bond donors (Lipinski definition) is 3. The molecule has 16 heteroatoms. The van der Waals surface area contributed by atoms with E-state index in [2.05, 4.69) is 0 Å². The predicted octanol–water partition coefficient (Wildman–Crippen LogP) is 4.36. The number of nitrogens with zero attached hydrogens (tertiary/aromatic N) is 2. The van der Waals surface area contributed by atoms with Crippen LogP contribution in [0.25, 0.3) is 0 Å². The molecule has 0 fully saturated rings. The largest absolute Gasteiger partial charge is 0.480 e. The van der Waals surface area contributed by atoms with E-state index in [-0.39, 0.29) is 53.3 Å². The Morgan fingerprint density at radius 2 is 0.946 bits per heavy atom. The molecule has 0 spiro atoms. The standard InChI is InChI=1S/C23H24N2O8.C17H15NO5/c1-14(26)32-19-11-5-3-8-16(19)21(28)25(18(23(30)31)10-7-13-24)22(29)17-9-4-6-12-20(17)33-15(2)27;1-12(19)23-15-10-6-5-9-14(15)17(22)18(11-16(20)21)13-7-3-2-4-8-13/h3-6,8-9,11-12,18H,7,10,13,24H2,1-2H3,(H,30,31);2-10H,11H2,1H3,(H,20,21). The molecule has 1 atom stereocenters. The van der Waals surface area contributed by atoms with Crippen LogP contribution in [0.4, 0.5) is 5.69 Å². The number of aliphatic carboxylic acids is 2. The van der Waals surface area contributed by atoms with Crippen molar-refractivity contribution in [2.45, 2.75) is 39.7 Å². The molecular formula is C40H39N3O13. The number of para-hydroxylation sites is 4. The molecule has 0 aliphatic rings. The van der Waals surface area contributed by atoms with Gasteiger partial charge >= 0.3 is 29.8 Å². The summed E-state index contributed by atoms with van der Waals surface area (Å²) in [6, 6.07) is 24.4. The molecule has 0 aliphatic heterocycles. The van der Waals surface area contributed by atoms with Crippen LogP contribution < -0.4 is 24.8 Å². The summed E-state index contributed by atoms with van der Waals surface area (Å²) >= 11 is 0. The van der Waals surface area contributed by atoms with E-state index in [9.17, 15) is 43.5 Å². The van der Waals surface area contributed by atoms with E-state index in [4.69, 9.17) is 25.1 Å². The smallest absolute Gasteiger partial charge is 0.326 e. The van der Waals surface area contributed by atoms with Gasteiger partial charge < -0.3 is 30.2 Å². The highest BCUT2D eigenvalue weighted by Crippen LogP contribution is 2.28. The molecule has 0 saturated carbocycles. The summed E-state index contributed by atoms with van der Waals surface area (Å²) in [6.45, 7) is 3.14. The van der Waals surface area contributed by atoms with E-state index in [0.29, 0.717) is 10.6 Å². The zero-order valence-electron chi connectivity index (χ0n) is 30.6. The molecule has 4 aromatic carbocycles. The number of amides is 3. The zero-order valence-corrected chi connectivity index (χ0v) is 30.6. The van der Waals surface area contributed by atoms with Crippen molar-refractivity contribution < 1.29 is 62.8 Å². The van der Waals surface area contributed by atoms with Crippen LogP contribution in [0.15, 0.2) is 103 Å². The average molecular weight is 770 g/mol. The van der Waals surface area contributed by atoms with Crippen LogP contribution in [0.1, 0.15) is 64.7 Å². The van der Waals surface area contributed by atoms with Crippen LogP contribution >= 0.6 is 0 Å². The van der Waals surface area contributed by atoms with Gasteiger partial charge in [-0.25, -0.2) is 4.79 Å². The van der Waals surface area contributed by atoms with Crippen molar-refractivity contribution in [1.82, 2.24) is 4.90 Å². The lowest BCUT2D eigenvalue weighted by Gasteiger charge is -2.28. The second kappa shape index (κ2) is 20.9. The third-order valence-corrected chi connectivity index (χ3v) is 7.44. The molecule has 0 bridgehead atoms. The van der Waals surface area contributed by atoms with Gasteiger partial charge in [-0.15, -0.1) is 0 Å². The highest BCUT2D eigenvalue weighted by atomic mass is 16.5. The fourth-order valence-corrected chi connectivity index (χ4v) is 5.14. The van der Waals surface area contributed by atoms with Crippen LogP contribution in [0.2, 0.25) is 0 Å². The lowest BCUT2D eigenvalue weighted by molar-refractivity contribution is -0.142. The minimum absolute atomic E-state index is 0.0938. The van der Waals surface area contributed by atoms with Crippen molar-refractivity contribution in [2.75, 3.05) is 18.0 Å². The Labute approximate surface area is 321 Å². The van der Waals surface area contributed by atoms with Crippen LogP contribution in [-0.2, 0) is 24.0 Å². The molecule has 3 amide bonds. The van der Waals surface area contributed by atoms with Crippen molar-refractivity contribution >= 4 is 53.3 Å². The number of hydrogen-bond acceptors (Lipinski definition) is 12. The van der Waals surface area contributed by atoms with Gasteiger partial charge in [-0.2, -0.15) is 0 Å². The number of carbonyl (C=O) groups excluding carboxylic acids is 6. The van der Waals surface area contributed by atoms with Gasteiger partial charge in [-0.05, 0) is 67.9 Å². The van der Waals surface area contributed by atoms with Gasteiger partial charge in [-0.1, -0.05) is 54.6 Å². The number of carboxylic acids is 2. The summed E-state index contributed by atoms with van der Waals surface area (Å²) < 4.78 is 15.2. The highest BCUT2D eigenvalue weighted by molar-refractivity contribution is 6.14. The number of esters is 3. The number of carboxylic acid groups (broad SMARTS) is 2. The number of rotatable bonds is 14. The fraction of sp³-hybridized carbons (Fsp3) is 0.200. The maximum atomic E-state index is 13.5. The lowest BCUT2D eigenvalue weighted by atomic mass is 10.0. The van der Waals surface area contributed by atoms with Crippen molar-refractivity contribution in [3.8, 4) is 17.2 Å². The maximum absolute atomic E-state index is 13.5. The predicted molar refractivity (Wildman–Crippen MR) is 199 cm³/mol. The maximum Gasteiger partial charge on any atom is 0.326 e. The van der Waals surface area contributed by atoms with Crippen molar-refractivity contribution in [2.24, 2.45) is 5.73 Å². The molecular weight excluding hydrogens is 730 g/mol. The second-order valence-electron chi connectivity index (χ2n) is 11.7. The van der Waals surface area contributed by atoms with Gasteiger partial charge in [-0.3, -0.25) is 43.4 Å². The monoisotopic (exact) mass is 769 g/mol. The van der Waals surface area contributed by atoms with Gasteiger partial charge in [0.05, 0.1) is 16.7 Å². The number of carbonyl (C=O) groups is 8. The Morgan fingerprint density at radius 1 is 0.571 bits per heavy atom. The zero-order chi connectivity index (χ0) is 41.4. The van der Waals surface area contributed by atoms with Gasteiger partial charge in [0.2, 0.25) is 0 Å². The topological polar surface area (TPSA) is 237 Å². The van der Waals surface area contributed by atoms with E-state index in [0.717, 1.165) is 18.7 Å². The number of anilines is 1. The minimum atomic E-state index is -1.58. The molecule has 0 aliphatic carbocycles. The summed E-state index contributed by atoms with van der Waals surface area (Å²) in [5.41, 5.74) is 5.69. The first-order chi connectivity index (χ1) is 26.7. The molecule has 0 heterocycles. The quantitative estimate of drug-likeness (QED) is 0.0919. The molecule has 4 rings (SSSR count). The Bertz CT molecular complexity index is 2010. The van der Waals surface area contributed by atoms with Crippen LogP contribution in [-0.4, -0.2) is 81.8 Å². The molecule has 4 N–H and O–H groups in total. The Kier molecular flexibility index (Phi) is 16.1. The first kappa shape index (κ1) is 43.2. The van der Waals surface area contributed by atoms with Gasteiger partial charge in [0.1, 0.15) is 29.8 Å². The molecule has 0 radical (unpaired) electrons. The van der Waals surface area contributed by atoms with Crippen LogP contribution in [0.5, 0.6) is 17.2 Å². The Balaban J connectivity index is 0.000000320. The van der Waals surface area contributed by atoms with E-state index in [1.165, 1.54) is 67.6 Å². The third-order valence-electron chi connectivity index (χ3n) is 7.44. The highest BCUT2D eigenvalue weighted by Gasteiger charge is 2.38. The van der Waals surface area contributed by atoms with Crippen molar-refractivity contribution in [3.05, 3.63) is 120 Å². The van der Waals surface area contributed by atoms with Gasteiger partial charge in [0.25, 0.3) is 17.7 Å². The molecule has 0 aromatic heterocycles. The molecule has 16 nitrogen and oxygen atoms in total. The lowest BCUT2D eigenvalue weighted by Crippen LogP contribution is -2.49. The minimum Gasteiger partial charge on any atom is -0.480 e. The SMILES string of the molecule is CC(=O)Oc1ccccc1C(=O)N(C(=O)c1ccccc1OC(C)=O)C(CCCN)C(=O)O.CC(=O)Oc1ccccc1C(=O)N(CC(=O)O)c1ccccc1. The molecule has 56 heavy (non-hydrogen) atoms. The number of nitrogens with two attached hydrogens (primary N) is 1. The Hall–Kier alpha value is -7.20. The van der Waals surface area contributed by atoms with E-state index in [1.807, 2.05) is 0 Å². The van der Waals surface area contributed by atoms with Crippen molar-refractivity contribution in [3.63, 3.8) is 0 Å². The van der Waals surface area contributed by atoms with E-state index >= 15 is 0 Å². The summed E-state index contributed by atoms with van der Waals surface area (Å²) in [4.78, 5) is 98.8. The number of imide groups is 1. The first-order valence-electron chi connectivity index (χ1n) is 16.9. The normalized spacial score (nSPS) is 10.7. The van der Waals surface area contributed by atoms with Crippen LogP contribution in [0.3, 0.4) is 0 Å². The van der Waals surface area contributed by atoms with E-state index < -0.39 is 60.2 Å². The summed E-state index contributed by atoms with van der Waals surface area (Å²) in [5, 5.41) is 18.9. The van der Waals surface area contributed by atoms with Crippen molar-refractivity contribution in [1.29, 1.82) is 0 Å². The summed E-state index contributed by atoms with van der Waals surface area (Å²) in [6.07, 6.45) is 0.0972. The first-order valence-corrected chi connectivity index (χ1v) is 16.9. The number of ether oxygens (including phenoxy) is 3. The van der Waals surface area contributed by atoms with Crippen LogP contribution in [0, 0.1) is 0 Å². The average Bonchev–Trinajstić information content (AvgIpc) is 3.15. The van der Waals surface area contributed by atoms with E-state index in [1.54, 1.807) is 42.5 Å². The van der Waals surface area contributed by atoms with Gasteiger partial charge in [0, 0.05) is 26.5 Å². The summed E-state index contributed by atoms with van der Waals surface area (Å²) in [5.74, 6) is -7.28. The molecule has 292 valence electrons. The number of benzene rings is 4. The third kappa shape index (κ3) is 12.2. The fourth-order valence-electron chi connectivity index (χ4n) is 5.14. The molecule has 0 saturated heterocycles. The second-order valence-corrected chi connectivity index (χ2v) is 11.7. The van der Waals surface area contributed by atoms with Gasteiger partial charge in [0.15, 0.2) is 0 Å². The Morgan fingerprint density at radius 3 is 1.30 bits per heavy atom. The summed E-state index contributed by atoms with van der Waals surface area (Å²) in [7, 11) is 0. The molecule has 1 unspecified atom stereocenters.